The van der Waals surface area contributed by atoms with Gasteiger partial charge in [0.25, 0.3) is 0 Å². The Morgan fingerprint density at radius 3 is 2.83 bits per heavy atom. The molecule has 1 fully saturated rings. The van der Waals surface area contributed by atoms with Gasteiger partial charge in [-0.25, -0.2) is 4.79 Å². The van der Waals surface area contributed by atoms with Crippen LogP contribution >= 0.6 is 0 Å². The second-order valence-corrected chi connectivity index (χ2v) is 4.90. The third kappa shape index (κ3) is 2.64. The summed E-state index contributed by atoms with van der Waals surface area (Å²) in [5.74, 6) is 0. The van der Waals surface area contributed by atoms with Crippen molar-refractivity contribution in [3.8, 4) is 0 Å². The Labute approximate surface area is 108 Å². The first-order valence-electron chi connectivity index (χ1n) is 6.39. The first-order valence-corrected chi connectivity index (χ1v) is 6.39. The summed E-state index contributed by atoms with van der Waals surface area (Å²) in [6.07, 6.45) is 0. The van der Waals surface area contributed by atoms with Crippen LogP contribution in [-0.4, -0.2) is 37.6 Å². The summed E-state index contributed by atoms with van der Waals surface area (Å²) in [5.41, 5.74) is 3.75. The highest BCUT2D eigenvalue weighted by atomic mass is 16.2. The van der Waals surface area contributed by atoms with E-state index in [1.165, 1.54) is 16.7 Å². The van der Waals surface area contributed by atoms with E-state index in [-0.39, 0.29) is 12.1 Å². The number of nitrogens with zero attached hydrogens (tertiary/aromatic N) is 1. The molecule has 18 heavy (non-hydrogen) atoms. The molecular weight excluding hydrogens is 226 g/mol. The van der Waals surface area contributed by atoms with Crippen LogP contribution in [0.3, 0.4) is 0 Å². The zero-order chi connectivity index (χ0) is 13.1. The summed E-state index contributed by atoms with van der Waals surface area (Å²) in [6.45, 7) is 6.54. The van der Waals surface area contributed by atoms with Crippen molar-refractivity contribution in [2.24, 2.45) is 0 Å². The normalized spacial score (nSPS) is 19.2. The topological polar surface area (TPSA) is 44.4 Å². The predicted octanol–water partition coefficient (Wildman–Crippen LogP) is 1.59. The molecule has 1 saturated heterocycles. The number of hydrogen-bond acceptors (Lipinski definition) is 2. The van der Waals surface area contributed by atoms with Crippen LogP contribution in [-0.2, 0) is 0 Å². The molecule has 0 radical (unpaired) electrons. The number of urea groups is 1. The SMILES string of the molecule is CNCCN1CC(c2ccc(C)c(C)c2)NC1=O. The minimum atomic E-state index is 0.0356. The van der Waals surface area contributed by atoms with Crippen molar-refractivity contribution in [1.82, 2.24) is 15.5 Å². The number of amides is 2. The van der Waals surface area contributed by atoms with E-state index in [0.29, 0.717) is 0 Å². The van der Waals surface area contributed by atoms with Gasteiger partial charge in [0.15, 0.2) is 0 Å². The van der Waals surface area contributed by atoms with Crippen LogP contribution in [0, 0.1) is 13.8 Å². The van der Waals surface area contributed by atoms with E-state index < -0.39 is 0 Å². The fraction of sp³-hybridized carbons (Fsp3) is 0.500. The van der Waals surface area contributed by atoms with E-state index in [4.69, 9.17) is 0 Å². The molecule has 0 saturated carbocycles. The van der Waals surface area contributed by atoms with E-state index in [1.807, 2.05) is 11.9 Å². The maximum absolute atomic E-state index is 11.8. The van der Waals surface area contributed by atoms with E-state index in [0.717, 1.165) is 19.6 Å². The molecule has 0 aromatic heterocycles. The Hall–Kier alpha value is -1.55. The number of rotatable bonds is 4. The number of aryl methyl sites for hydroxylation is 2. The lowest BCUT2D eigenvalue weighted by Crippen LogP contribution is -2.33. The molecule has 1 aromatic carbocycles. The molecule has 2 N–H and O–H groups in total. The highest BCUT2D eigenvalue weighted by Crippen LogP contribution is 2.22. The molecule has 4 heteroatoms. The Morgan fingerprint density at radius 1 is 1.39 bits per heavy atom. The molecular formula is C14H21N3O. The van der Waals surface area contributed by atoms with Gasteiger partial charge in [-0.15, -0.1) is 0 Å². The second kappa shape index (κ2) is 5.40. The maximum atomic E-state index is 11.8. The number of likely N-dealkylation sites (N-methyl/N-ethyl adjacent to an activating group) is 1. The van der Waals surface area contributed by atoms with Crippen LogP contribution in [0.2, 0.25) is 0 Å². The van der Waals surface area contributed by atoms with Gasteiger partial charge in [-0.1, -0.05) is 18.2 Å². The molecule has 0 spiro atoms. The summed E-state index contributed by atoms with van der Waals surface area (Å²) >= 11 is 0. The number of carbonyl (C=O) groups excluding carboxylic acids is 1. The zero-order valence-electron chi connectivity index (χ0n) is 11.3. The minimum absolute atomic E-state index is 0.0356. The summed E-state index contributed by atoms with van der Waals surface area (Å²) in [5, 5.41) is 6.10. The highest BCUT2D eigenvalue weighted by molar-refractivity contribution is 5.77. The van der Waals surface area contributed by atoms with Gasteiger partial charge in [0.2, 0.25) is 0 Å². The van der Waals surface area contributed by atoms with Crippen molar-refractivity contribution in [3.63, 3.8) is 0 Å². The lowest BCUT2D eigenvalue weighted by Gasteiger charge is -2.14. The monoisotopic (exact) mass is 247 g/mol. The van der Waals surface area contributed by atoms with E-state index in [9.17, 15) is 4.79 Å². The average Bonchev–Trinajstić information content (AvgIpc) is 2.72. The van der Waals surface area contributed by atoms with E-state index in [1.54, 1.807) is 0 Å². The molecule has 2 rings (SSSR count). The second-order valence-electron chi connectivity index (χ2n) is 4.90. The molecule has 2 amide bonds. The molecule has 1 aliphatic heterocycles. The molecule has 1 aliphatic rings. The van der Waals surface area contributed by atoms with Gasteiger partial charge in [-0.3, -0.25) is 0 Å². The Morgan fingerprint density at radius 2 is 2.17 bits per heavy atom. The molecule has 0 aliphatic carbocycles. The maximum Gasteiger partial charge on any atom is 0.318 e. The largest absolute Gasteiger partial charge is 0.329 e. The van der Waals surface area contributed by atoms with Gasteiger partial charge in [0.1, 0.15) is 0 Å². The van der Waals surface area contributed by atoms with Crippen LogP contribution in [0.4, 0.5) is 4.79 Å². The summed E-state index contributed by atoms with van der Waals surface area (Å²) in [6, 6.07) is 6.55. The molecule has 0 bridgehead atoms. The van der Waals surface area contributed by atoms with Crippen molar-refractivity contribution in [3.05, 3.63) is 34.9 Å². The van der Waals surface area contributed by atoms with Gasteiger partial charge >= 0.3 is 6.03 Å². The van der Waals surface area contributed by atoms with Gasteiger partial charge in [0, 0.05) is 19.6 Å². The lowest BCUT2D eigenvalue weighted by molar-refractivity contribution is 0.218. The highest BCUT2D eigenvalue weighted by Gasteiger charge is 2.29. The minimum Gasteiger partial charge on any atom is -0.329 e. The van der Waals surface area contributed by atoms with Crippen LogP contribution < -0.4 is 10.6 Å². The smallest absolute Gasteiger partial charge is 0.318 e. The van der Waals surface area contributed by atoms with Crippen LogP contribution in [0.5, 0.6) is 0 Å². The van der Waals surface area contributed by atoms with Crippen molar-refractivity contribution in [2.45, 2.75) is 19.9 Å². The van der Waals surface area contributed by atoms with Crippen molar-refractivity contribution < 1.29 is 4.79 Å². The molecule has 98 valence electrons. The van der Waals surface area contributed by atoms with Gasteiger partial charge in [-0.2, -0.15) is 0 Å². The molecule has 1 unspecified atom stereocenters. The van der Waals surface area contributed by atoms with E-state index >= 15 is 0 Å². The number of carbonyl (C=O) groups is 1. The molecule has 4 nitrogen and oxygen atoms in total. The van der Waals surface area contributed by atoms with Crippen molar-refractivity contribution >= 4 is 6.03 Å². The van der Waals surface area contributed by atoms with Gasteiger partial charge < -0.3 is 15.5 Å². The van der Waals surface area contributed by atoms with Gasteiger partial charge in [0.05, 0.1) is 6.04 Å². The first-order chi connectivity index (χ1) is 8.61. The average molecular weight is 247 g/mol. The Balaban J connectivity index is 2.07. The Kier molecular flexibility index (Phi) is 3.87. The number of nitrogens with one attached hydrogen (secondary N) is 2. The summed E-state index contributed by atoms with van der Waals surface area (Å²) < 4.78 is 0. The summed E-state index contributed by atoms with van der Waals surface area (Å²) in [4.78, 5) is 13.7. The quantitative estimate of drug-likeness (QED) is 0.848. The zero-order valence-corrected chi connectivity index (χ0v) is 11.3. The molecule has 1 aromatic rings. The predicted molar refractivity (Wildman–Crippen MR) is 72.7 cm³/mol. The fourth-order valence-electron chi connectivity index (χ4n) is 2.20. The lowest BCUT2D eigenvalue weighted by atomic mass is 10.0. The first kappa shape index (κ1) is 12.9. The van der Waals surface area contributed by atoms with E-state index in [2.05, 4.69) is 42.7 Å². The van der Waals surface area contributed by atoms with Crippen molar-refractivity contribution in [2.75, 3.05) is 26.7 Å². The van der Waals surface area contributed by atoms with Crippen LogP contribution in [0.15, 0.2) is 18.2 Å². The number of hydrogen-bond donors (Lipinski definition) is 2. The third-order valence-electron chi connectivity index (χ3n) is 3.55. The fourth-order valence-corrected chi connectivity index (χ4v) is 2.20. The standard InChI is InChI=1S/C14H21N3O/c1-10-4-5-12(8-11(10)2)13-9-17(7-6-15-3)14(18)16-13/h4-5,8,13,15H,6-7,9H2,1-3H3,(H,16,18). The van der Waals surface area contributed by atoms with Crippen LogP contribution in [0.1, 0.15) is 22.7 Å². The Bertz CT molecular complexity index is 445. The van der Waals surface area contributed by atoms with Crippen molar-refractivity contribution in [1.29, 1.82) is 0 Å². The third-order valence-corrected chi connectivity index (χ3v) is 3.55. The summed E-state index contributed by atoms with van der Waals surface area (Å²) in [7, 11) is 1.90. The molecule has 1 heterocycles. The number of benzene rings is 1. The van der Waals surface area contributed by atoms with Crippen LogP contribution in [0.25, 0.3) is 0 Å². The molecule has 1 atom stereocenters. The van der Waals surface area contributed by atoms with Gasteiger partial charge in [-0.05, 0) is 37.6 Å².